The van der Waals surface area contributed by atoms with E-state index >= 15 is 0 Å². The first-order valence-electron chi connectivity index (χ1n) is 2.96. The first-order chi connectivity index (χ1) is 3.81. The predicted octanol–water partition coefficient (Wildman–Crippen LogP) is 1.77. The average Bonchev–Trinajstić information content (AvgIpc) is 1.83. The van der Waals surface area contributed by atoms with Crippen molar-refractivity contribution < 1.29 is 9.53 Å². The molecule has 0 atom stereocenters. The van der Waals surface area contributed by atoms with Crippen molar-refractivity contribution in [1.82, 2.24) is 0 Å². The summed E-state index contributed by atoms with van der Waals surface area (Å²) in [4.78, 5) is 10.3. The van der Waals surface area contributed by atoms with Gasteiger partial charge in [-0.3, -0.25) is 4.79 Å². The van der Waals surface area contributed by atoms with E-state index in [1.54, 1.807) is 6.92 Å². The van der Waals surface area contributed by atoms with Gasteiger partial charge in [0.25, 0.3) is 0 Å². The molecule has 0 aliphatic heterocycles. The molecule has 0 saturated carbocycles. The van der Waals surface area contributed by atoms with Crippen LogP contribution in [0.1, 0.15) is 26.7 Å². The molecule has 0 saturated heterocycles. The molecule has 0 bridgehead atoms. The molecule has 0 spiro atoms. The second kappa shape index (κ2) is 7.76. The fraction of sp³-hybridized carbons (Fsp3) is 0.833. The van der Waals surface area contributed by atoms with Crippen LogP contribution in [0.4, 0.5) is 0 Å². The van der Waals surface area contributed by atoms with Gasteiger partial charge in [0, 0.05) is 6.42 Å². The van der Waals surface area contributed by atoms with E-state index in [9.17, 15) is 4.79 Å². The highest BCUT2D eigenvalue weighted by Gasteiger charge is 1.93. The highest BCUT2D eigenvalue weighted by molar-refractivity contribution is 5.85. The van der Waals surface area contributed by atoms with Crippen molar-refractivity contribution in [2.45, 2.75) is 26.7 Å². The van der Waals surface area contributed by atoms with E-state index in [-0.39, 0.29) is 18.4 Å². The summed E-state index contributed by atoms with van der Waals surface area (Å²) in [5, 5.41) is 0. The smallest absolute Gasteiger partial charge is 0.305 e. The van der Waals surface area contributed by atoms with Crippen LogP contribution in [0.2, 0.25) is 0 Å². The van der Waals surface area contributed by atoms with Gasteiger partial charge in [-0.25, -0.2) is 0 Å². The molecule has 9 heavy (non-hydrogen) atoms. The van der Waals surface area contributed by atoms with Crippen LogP contribution in [0, 0.1) is 0 Å². The van der Waals surface area contributed by atoms with Gasteiger partial charge in [0.15, 0.2) is 0 Å². The summed E-state index contributed by atoms with van der Waals surface area (Å²) >= 11 is 0. The summed E-state index contributed by atoms with van der Waals surface area (Å²) in [5.41, 5.74) is 0. The Hall–Kier alpha value is -0.240. The topological polar surface area (TPSA) is 26.3 Å². The van der Waals surface area contributed by atoms with E-state index in [0.717, 1.165) is 6.42 Å². The summed E-state index contributed by atoms with van der Waals surface area (Å²) in [7, 11) is 0. The van der Waals surface area contributed by atoms with Gasteiger partial charge in [-0.15, -0.1) is 12.4 Å². The van der Waals surface area contributed by atoms with E-state index in [0.29, 0.717) is 13.0 Å². The second-order valence-electron chi connectivity index (χ2n) is 1.57. The van der Waals surface area contributed by atoms with Crippen LogP contribution in [0.25, 0.3) is 0 Å². The number of rotatable bonds is 3. The van der Waals surface area contributed by atoms with Crippen LogP contribution < -0.4 is 0 Å². The maximum atomic E-state index is 10.3. The molecule has 0 aromatic carbocycles. The minimum Gasteiger partial charge on any atom is -0.466 e. The molecule has 0 aliphatic carbocycles. The van der Waals surface area contributed by atoms with Gasteiger partial charge in [0.1, 0.15) is 0 Å². The number of esters is 1. The quantitative estimate of drug-likeness (QED) is 0.577. The minimum absolute atomic E-state index is 0. The van der Waals surface area contributed by atoms with Gasteiger partial charge in [0.05, 0.1) is 6.61 Å². The third-order valence-corrected chi connectivity index (χ3v) is 0.756. The van der Waals surface area contributed by atoms with Gasteiger partial charge in [-0.2, -0.15) is 0 Å². The lowest BCUT2D eigenvalue weighted by molar-refractivity contribution is -0.143. The number of hydrogen-bond donors (Lipinski definition) is 0. The predicted molar refractivity (Wildman–Crippen MR) is 38.8 cm³/mol. The first kappa shape index (κ1) is 11.5. The Morgan fingerprint density at radius 2 is 2.00 bits per heavy atom. The standard InChI is InChI=1S/C6H12O2.ClH/c1-3-5-8-6(7)4-2;/h3-5H2,1-2H3;1H. The lowest BCUT2D eigenvalue weighted by atomic mass is 10.5. The Kier molecular flexibility index (Phi) is 9.95. The van der Waals surface area contributed by atoms with Crippen molar-refractivity contribution in [3.05, 3.63) is 0 Å². The Balaban J connectivity index is 0. The molecule has 56 valence electrons. The molecule has 0 aliphatic rings. The number of carbonyl (C=O) groups is 1. The highest BCUT2D eigenvalue weighted by Crippen LogP contribution is 1.85. The van der Waals surface area contributed by atoms with Crippen LogP contribution in [-0.4, -0.2) is 12.6 Å². The monoisotopic (exact) mass is 152 g/mol. The van der Waals surface area contributed by atoms with Crippen molar-refractivity contribution in [3.8, 4) is 0 Å². The van der Waals surface area contributed by atoms with Crippen LogP contribution in [0.15, 0.2) is 0 Å². The average molecular weight is 153 g/mol. The van der Waals surface area contributed by atoms with E-state index in [1.165, 1.54) is 0 Å². The summed E-state index contributed by atoms with van der Waals surface area (Å²) in [6.07, 6.45) is 1.39. The minimum atomic E-state index is -0.105. The van der Waals surface area contributed by atoms with Crippen LogP contribution >= 0.6 is 12.4 Å². The van der Waals surface area contributed by atoms with Gasteiger partial charge < -0.3 is 4.74 Å². The van der Waals surface area contributed by atoms with E-state index in [1.807, 2.05) is 6.92 Å². The first-order valence-corrected chi connectivity index (χ1v) is 2.96. The maximum Gasteiger partial charge on any atom is 0.305 e. The number of hydrogen-bond acceptors (Lipinski definition) is 2. The van der Waals surface area contributed by atoms with E-state index in [4.69, 9.17) is 4.74 Å². The fourth-order valence-corrected chi connectivity index (χ4v) is 0.318. The molecule has 0 amide bonds. The molecule has 2 nitrogen and oxygen atoms in total. The van der Waals surface area contributed by atoms with Gasteiger partial charge in [-0.1, -0.05) is 13.8 Å². The molecule has 0 rings (SSSR count). The number of carbonyl (C=O) groups excluding carboxylic acids is 1. The van der Waals surface area contributed by atoms with Crippen molar-refractivity contribution >= 4 is 18.4 Å². The molecule has 0 aromatic heterocycles. The Labute approximate surface area is 62.0 Å². The highest BCUT2D eigenvalue weighted by atomic mass is 35.5. The maximum absolute atomic E-state index is 10.3. The third kappa shape index (κ3) is 7.76. The van der Waals surface area contributed by atoms with Crippen molar-refractivity contribution in [3.63, 3.8) is 0 Å². The van der Waals surface area contributed by atoms with E-state index < -0.39 is 0 Å². The molecular weight excluding hydrogens is 140 g/mol. The van der Waals surface area contributed by atoms with Crippen molar-refractivity contribution in [2.24, 2.45) is 0 Å². The lowest BCUT2D eigenvalue weighted by Crippen LogP contribution is -2.02. The second-order valence-corrected chi connectivity index (χ2v) is 1.57. The van der Waals surface area contributed by atoms with Gasteiger partial charge >= 0.3 is 5.97 Å². The Morgan fingerprint density at radius 3 is 2.33 bits per heavy atom. The van der Waals surface area contributed by atoms with Crippen molar-refractivity contribution in [1.29, 1.82) is 0 Å². The van der Waals surface area contributed by atoms with E-state index in [2.05, 4.69) is 0 Å². The molecule has 0 heterocycles. The Bertz CT molecular complexity index is 73.5. The molecule has 0 aromatic rings. The van der Waals surface area contributed by atoms with Crippen LogP contribution in [0.5, 0.6) is 0 Å². The fourth-order valence-electron chi connectivity index (χ4n) is 0.318. The normalized spacial score (nSPS) is 7.78. The number of halogens is 1. The van der Waals surface area contributed by atoms with Crippen molar-refractivity contribution in [2.75, 3.05) is 6.61 Å². The summed E-state index contributed by atoms with van der Waals surface area (Å²) < 4.78 is 4.70. The molecule has 0 fully saturated rings. The SMILES string of the molecule is CCCOC(=O)CC.Cl. The Morgan fingerprint density at radius 1 is 1.44 bits per heavy atom. The summed E-state index contributed by atoms with van der Waals surface area (Å²) in [6.45, 7) is 4.33. The zero-order chi connectivity index (χ0) is 6.41. The van der Waals surface area contributed by atoms with Gasteiger partial charge in [0.2, 0.25) is 0 Å². The van der Waals surface area contributed by atoms with Crippen LogP contribution in [-0.2, 0) is 9.53 Å². The zero-order valence-corrected chi connectivity index (χ0v) is 6.66. The molecule has 0 N–H and O–H groups in total. The van der Waals surface area contributed by atoms with Gasteiger partial charge in [-0.05, 0) is 6.42 Å². The molecule has 3 heteroatoms. The number of ether oxygens (including phenoxy) is 1. The van der Waals surface area contributed by atoms with Crippen LogP contribution in [0.3, 0.4) is 0 Å². The largest absolute Gasteiger partial charge is 0.466 e. The molecule has 0 unspecified atom stereocenters. The molecular formula is C6H13ClO2. The zero-order valence-electron chi connectivity index (χ0n) is 5.85. The third-order valence-electron chi connectivity index (χ3n) is 0.756. The summed E-state index contributed by atoms with van der Waals surface area (Å²) in [5.74, 6) is -0.105. The molecule has 0 radical (unpaired) electrons. The lowest BCUT2D eigenvalue weighted by Gasteiger charge is -1.97. The summed E-state index contributed by atoms with van der Waals surface area (Å²) in [6, 6.07) is 0.